The number of nitrogens with zero attached hydrogens (tertiary/aromatic N) is 4. The van der Waals surface area contributed by atoms with Crippen LogP contribution in [-0.4, -0.2) is 65.9 Å². The van der Waals surface area contributed by atoms with Gasteiger partial charge in [0.25, 0.3) is 5.91 Å². The number of piperazine rings is 1. The third-order valence-electron chi connectivity index (χ3n) is 5.11. The van der Waals surface area contributed by atoms with Gasteiger partial charge in [-0.15, -0.1) is 11.3 Å². The van der Waals surface area contributed by atoms with Gasteiger partial charge in [-0.25, -0.2) is 4.98 Å². The van der Waals surface area contributed by atoms with Crippen LogP contribution >= 0.6 is 11.3 Å². The van der Waals surface area contributed by atoms with E-state index in [0.717, 1.165) is 31.1 Å². The van der Waals surface area contributed by atoms with Gasteiger partial charge >= 0.3 is 0 Å². The number of anilines is 1. The number of hydrogen-bond donors (Lipinski definition) is 0. The summed E-state index contributed by atoms with van der Waals surface area (Å²) in [7, 11) is 0. The average molecular weight is 374 g/mol. The minimum Gasteiger partial charge on any atom is -0.472 e. The third kappa shape index (κ3) is 3.46. The van der Waals surface area contributed by atoms with Crippen molar-refractivity contribution in [2.24, 2.45) is 5.92 Å². The van der Waals surface area contributed by atoms with Crippen LogP contribution in [0, 0.1) is 5.92 Å². The lowest BCUT2D eigenvalue weighted by Crippen LogP contribution is -2.53. The number of rotatable bonds is 3. The number of amides is 2. The zero-order chi connectivity index (χ0) is 17.9. The summed E-state index contributed by atoms with van der Waals surface area (Å²) in [5, 5.41) is 2.99. The molecule has 0 saturated carbocycles. The highest BCUT2D eigenvalue weighted by Gasteiger charge is 2.33. The number of furan rings is 1. The molecule has 1 atom stereocenters. The van der Waals surface area contributed by atoms with Crippen molar-refractivity contribution in [2.45, 2.75) is 12.8 Å². The van der Waals surface area contributed by atoms with Crippen LogP contribution in [0.2, 0.25) is 0 Å². The number of thiazole rings is 1. The van der Waals surface area contributed by atoms with Crippen LogP contribution in [0.5, 0.6) is 0 Å². The fourth-order valence-electron chi connectivity index (χ4n) is 3.68. The zero-order valence-corrected chi connectivity index (χ0v) is 15.4. The molecular formula is C18H22N4O3S. The fourth-order valence-corrected chi connectivity index (χ4v) is 4.38. The van der Waals surface area contributed by atoms with Crippen molar-refractivity contribution in [3.05, 3.63) is 35.7 Å². The van der Waals surface area contributed by atoms with Crippen LogP contribution in [0.15, 0.2) is 34.6 Å². The van der Waals surface area contributed by atoms with Crippen LogP contribution in [0.3, 0.4) is 0 Å². The van der Waals surface area contributed by atoms with Crippen molar-refractivity contribution in [3.63, 3.8) is 0 Å². The Labute approximate surface area is 156 Å². The van der Waals surface area contributed by atoms with Crippen molar-refractivity contribution in [3.8, 4) is 0 Å². The third-order valence-corrected chi connectivity index (χ3v) is 5.94. The molecule has 0 bridgehead atoms. The van der Waals surface area contributed by atoms with E-state index in [1.807, 2.05) is 16.5 Å². The van der Waals surface area contributed by atoms with E-state index < -0.39 is 0 Å². The van der Waals surface area contributed by atoms with Crippen molar-refractivity contribution in [1.82, 2.24) is 14.8 Å². The maximum absolute atomic E-state index is 12.9. The van der Waals surface area contributed by atoms with E-state index in [4.69, 9.17) is 4.42 Å². The van der Waals surface area contributed by atoms with E-state index in [0.29, 0.717) is 31.7 Å². The smallest absolute Gasteiger partial charge is 0.257 e. The van der Waals surface area contributed by atoms with Gasteiger partial charge in [-0.3, -0.25) is 9.59 Å². The Morgan fingerprint density at radius 2 is 2.00 bits per heavy atom. The average Bonchev–Trinajstić information content (AvgIpc) is 3.41. The molecule has 0 radical (unpaired) electrons. The van der Waals surface area contributed by atoms with E-state index in [9.17, 15) is 9.59 Å². The van der Waals surface area contributed by atoms with Gasteiger partial charge in [0, 0.05) is 50.8 Å². The Morgan fingerprint density at radius 1 is 1.15 bits per heavy atom. The van der Waals surface area contributed by atoms with E-state index >= 15 is 0 Å². The first kappa shape index (κ1) is 17.1. The van der Waals surface area contributed by atoms with E-state index in [1.165, 1.54) is 12.5 Å². The van der Waals surface area contributed by atoms with Gasteiger partial charge in [-0.1, -0.05) is 0 Å². The van der Waals surface area contributed by atoms with Crippen molar-refractivity contribution < 1.29 is 14.0 Å². The fraction of sp³-hybridized carbons (Fsp3) is 0.500. The summed E-state index contributed by atoms with van der Waals surface area (Å²) in [4.78, 5) is 35.7. The Bertz CT molecular complexity index is 739. The Kier molecular flexibility index (Phi) is 4.92. The number of carbonyl (C=O) groups is 2. The maximum atomic E-state index is 12.9. The number of carbonyl (C=O) groups excluding carboxylic acids is 2. The first-order valence-electron chi connectivity index (χ1n) is 8.97. The molecule has 8 heteroatoms. The highest BCUT2D eigenvalue weighted by molar-refractivity contribution is 7.13. The molecule has 0 aliphatic carbocycles. The summed E-state index contributed by atoms with van der Waals surface area (Å²) in [6.45, 7) is 4.24. The van der Waals surface area contributed by atoms with Gasteiger partial charge in [0.05, 0.1) is 17.7 Å². The number of aromatic nitrogens is 1. The number of hydrogen-bond acceptors (Lipinski definition) is 6. The zero-order valence-electron chi connectivity index (χ0n) is 14.5. The SMILES string of the molecule is O=C(c1ccoc1)N1CCC[C@H](C(=O)N2CCN(c3nccs3)CC2)C1. The summed E-state index contributed by atoms with van der Waals surface area (Å²) in [5.74, 6) is 0.0179. The van der Waals surface area contributed by atoms with Crippen molar-refractivity contribution in [2.75, 3.05) is 44.2 Å². The van der Waals surface area contributed by atoms with E-state index in [-0.39, 0.29) is 17.7 Å². The van der Waals surface area contributed by atoms with Crippen LogP contribution in [0.1, 0.15) is 23.2 Å². The molecular weight excluding hydrogens is 352 g/mol. The number of likely N-dealkylation sites (tertiary alicyclic amines) is 1. The molecule has 2 aliphatic heterocycles. The lowest BCUT2D eigenvalue weighted by Gasteiger charge is -2.38. The lowest BCUT2D eigenvalue weighted by molar-refractivity contribution is -0.137. The molecule has 0 aromatic carbocycles. The second-order valence-electron chi connectivity index (χ2n) is 6.73. The predicted octanol–water partition coefficient (Wildman–Crippen LogP) is 1.94. The van der Waals surface area contributed by atoms with E-state index in [2.05, 4.69) is 9.88 Å². The molecule has 2 amide bonds. The minimum absolute atomic E-state index is 0.0511. The van der Waals surface area contributed by atoms with Crippen molar-refractivity contribution >= 4 is 28.3 Å². The topological polar surface area (TPSA) is 69.9 Å². The molecule has 2 saturated heterocycles. The Morgan fingerprint density at radius 3 is 2.69 bits per heavy atom. The number of piperidine rings is 1. The molecule has 4 heterocycles. The largest absolute Gasteiger partial charge is 0.472 e. The Balaban J connectivity index is 1.34. The summed E-state index contributed by atoms with van der Waals surface area (Å²) in [6, 6.07) is 1.67. The highest BCUT2D eigenvalue weighted by atomic mass is 32.1. The second kappa shape index (κ2) is 7.49. The first-order valence-corrected chi connectivity index (χ1v) is 9.85. The molecule has 0 unspecified atom stereocenters. The van der Waals surface area contributed by atoms with Crippen LogP contribution in [0.25, 0.3) is 0 Å². The highest BCUT2D eigenvalue weighted by Crippen LogP contribution is 2.23. The van der Waals surface area contributed by atoms with Gasteiger partial charge in [-0.05, 0) is 18.9 Å². The van der Waals surface area contributed by atoms with Crippen LogP contribution in [0.4, 0.5) is 5.13 Å². The minimum atomic E-state index is -0.106. The molecule has 138 valence electrons. The van der Waals surface area contributed by atoms with Gasteiger partial charge < -0.3 is 19.1 Å². The first-order chi connectivity index (χ1) is 12.7. The summed E-state index contributed by atoms with van der Waals surface area (Å²) < 4.78 is 5.01. The second-order valence-corrected chi connectivity index (χ2v) is 7.60. The molecule has 2 fully saturated rings. The van der Waals surface area contributed by atoms with Gasteiger partial charge in [0.15, 0.2) is 5.13 Å². The van der Waals surface area contributed by atoms with Gasteiger partial charge in [-0.2, -0.15) is 0 Å². The molecule has 0 spiro atoms. The molecule has 4 rings (SSSR count). The predicted molar refractivity (Wildman–Crippen MR) is 98.2 cm³/mol. The normalized spacial score (nSPS) is 21.1. The molecule has 2 aromatic heterocycles. The Hall–Kier alpha value is -2.35. The van der Waals surface area contributed by atoms with Crippen molar-refractivity contribution in [1.29, 1.82) is 0 Å². The summed E-state index contributed by atoms with van der Waals surface area (Å²) >= 11 is 1.63. The van der Waals surface area contributed by atoms with Gasteiger partial charge in [0.2, 0.25) is 5.91 Å². The standard InChI is InChI=1S/C18H22N4O3S/c23-16(20-6-8-21(9-7-20)18-19-4-11-26-18)14-2-1-5-22(12-14)17(24)15-3-10-25-13-15/h3-4,10-11,13-14H,1-2,5-9,12H2/t14-/m0/s1. The lowest BCUT2D eigenvalue weighted by atomic mass is 9.95. The van der Waals surface area contributed by atoms with Crippen LogP contribution in [-0.2, 0) is 4.79 Å². The molecule has 2 aliphatic rings. The monoisotopic (exact) mass is 374 g/mol. The quantitative estimate of drug-likeness (QED) is 0.821. The van der Waals surface area contributed by atoms with Crippen LogP contribution < -0.4 is 4.90 Å². The molecule has 26 heavy (non-hydrogen) atoms. The summed E-state index contributed by atoms with van der Waals surface area (Å²) in [5.41, 5.74) is 0.551. The van der Waals surface area contributed by atoms with E-state index in [1.54, 1.807) is 22.3 Å². The molecule has 2 aromatic rings. The summed E-state index contributed by atoms with van der Waals surface area (Å²) in [6.07, 6.45) is 6.48. The maximum Gasteiger partial charge on any atom is 0.257 e. The molecule has 7 nitrogen and oxygen atoms in total. The van der Waals surface area contributed by atoms with Gasteiger partial charge in [0.1, 0.15) is 6.26 Å². The molecule has 0 N–H and O–H groups in total.